The van der Waals surface area contributed by atoms with Crippen LogP contribution in [0.1, 0.15) is 35.3 Å². The van der Waals surface area contributed by atoms with Gasteiger partial charge in [-0.15, -0.1) is 0 Å². The molecule has 3 heterocycles. The van der Waals surface area contributed by atoms with Crippen LogP contribution in [0.2, 0.25) is 0 Å². The molecule has 19 heavy (non-hydrogen) atoms. The van der Waals surface area contributed by atoms with Gasteiger partial charge < -0.3 is 9.51 Å². The highest BCUT2D eigenvalue weighted by Crippen LogP contribution is 2.27. The molecule has 1 aliphatic heterocycles. The van der Waals surface area contributed by atoms with Gasteiger partial charge in [0.05, 0.1) is 11.3 Å². The summed E-state index contributed by atoms with van der Waals surface area (Å²) >= 11 is 2.03. The van der Waals surface area contributed by atoms with E-state index in [1.165, 1.54) is 25.0 Å². The molecule has 0 bridgehead atoms. The summed E-state index contributed by atoms with van der Waals surface area (Å²) in [6, 6.07) is 3.23. The van der Waals surface area contributed by atoms with Gasteiger partial charge in [0.25, 0.3) is 0 Å². The fourth-order valence-corrected chi connectivity index (χ4v) is 3.79. The highest BCUT2D eigenvalue weighted by molar-refractivity contribution is 7.99. The van der Waals surface area contributed by atoms with E-state index in [2.05, 4.69) is 4.98 Å². The van der Waals surface area contributed by atoms with E-state index in [0.717, 1.165) is 17.8 Å². The topological polar surface area (TPSA) is 54.6 Å². The largest absolute Gasteiger partial charge is 0.478 e. The Morgan fingerprint density at radius 2 is 2.42 bits per heavy atom. The van der Waals surface area contributed by atoms with E-state index in [1.54, 1.807) is 18.3 Å². The lowest BCUT2D eigenvalue weighted by Gasteiger charge is -2.19. The highest BCUT2D eigenvalue weighted by Gasteiger charge is 2.16. The van der Waals surface area contributed by atoms with Gasteiger partial charge in [-0.25, -0.2) is 9.78 Å². The zero-order valence-corrected chi connectivity index (χ0v) is 11.4. The number of pyridine rings is 1. The molecule has 0 spiro atoms. The third-order valence-corrected chi connectivity index (χ3v) is 4.87. The summed E-state index contributed by atoms with van der Waals surface area (Å²) < 4.78 is 1.90. The summed E-state index contributed by atoms with van der Waals surface area (Å²) in [5.41, 5.74) is 2.06. The molecule has 1 atom stereocenters. The smallest absolute Gasteiger partial charge is 0.335 e. The lowest BCUT2D eigenvalue weighted by atomic mass is 10.1. The summed E-state index contributed by atoms with van der Waals surface area (Å²) in [6.45, 7) is 0. The van der Waals surface area contributed by atoms with Gasteiger partial charge in [0.15, 0.2) is 0 Å². The van der Waals surface area contributed by atoms with Crippen molar-refractivity contribution in [2.45, 2.75) is 30.9 Å². The van der Waals surface area contributed by atoms with Crippen LogP contribution in [0.4, 0.5) is 0 Å². The Hall–Kier alpha value is -1.49. The molecule has 1 aliphatic rings. The fraction of sp³-hybridized carbons (Fsp3) is 0.429. The molecule has 0 saturated carbocycles. The number of nitrogens with zero attached hydrogens (tertiary/aromatic N) is 2. The standard InChI is InChI=1S/C14H16N2O2S/c17-14(18)10-4-5-16-9-11(15-13(16)7-10)8-12-3-1-2-6-19-12/h4-5,7,9,12H,1-3,6,8H2,(H,17,18). The average molecular weight is 276 g/mol. The summed E-state index contributed by atoms with van der Waals surface area (Å²) in [7, 11) is 0. The molecule has 0 aliphatic carbocycles. The molecule has 3 rings (SSSR count). The highest BCUT2D eigenvalue weighted by atomic mass is 32.2. The predicted molar refractivity (Wildman–Crippen MR) is 76.0 cm³/mol. The van der Waals surface area contributed by atoms with Crippen molar-refractivity contribution in [3.63, 3.8) is 0 Å². The first kappa shape index (κ1) is 12.5. The number of carbonyl (C=O) groups is 1. The normalized spacial score (nSPS) is 19.7. The number of fused-ring (bicyclic) bond motifs is 1. The van der Waals surface area contributed by atoms with Gasteiger partial charge in [0, 0.05) is 24.1 Å². The van der Waals surface area contributed by atoms with Crippen LogP contribution in [0.3, 0.4) is 0 Å². The SMILES string of the molecule is O=C(O)c1ccn2cc(CC3CCCCS3)nc2c1. The first-order chi connectivity index (χ1) is 9.22. The molecule has 1 fully saturated rings. The van der Waals surface area contributed by atoms with Crippen molar-refractivity contribution in [2.75, 3.05) is 5.75 Å². The van der Waals surface area contributed by atoms with Crippen LogP contribution < -0.4 is 0 Å². The van der Waals surface area contributed by atoms with Crippen molar-refractivity contribution in [2.24, 2.45) is 0 Å². The van der Waals surface area contributed by atoms with Crippen LogP contribution in [-0.2, 0) is 6.42 Å². The Morgan fingerprint density at radius 1 is 1.53 bits per heavy atom. The molecule has 4 nitrogen and oxygen atoms in total. The number of hydrogen-bond acceptors (Lipinski definition) is 3. The lowest BCUT2D eigenvalue weighted by molar-refractivity contribution is 0.0697. The predicted octanol–water partition coefficient (Wildman–Crippen LogP) is 2.86. The van der Waals surface area contributed by atoms with Gasteiger partial charge in [-0.05, 0) is 30.7 Å². The molecule has 2 aromatic heterocycles. The third kappa shape index (κ3) is 2.76. The summed E-state index contributed by atoms with van der Waals surface area (Å²) in [4.78, 5) is 15.5. The second kappa shape index (κ2) is 5.25. The van der Waals surface area contributed by atoms with Crippen LogP contribution in [-0.4, -0.2) is 31.5 Å². The van der Waals surface area contributed by atoms with E-state index in [0.29, 0.717) is 5.25 Å². The van der Waals surface area contributed by atoms with Crippen LogP contribution >= 0.6 is 11.8 Å². The van der Waals surface area contributed by atoms with E-state index >= 15 is 0 Å². The molecule has 0 amide bonds. The molecular formula is C14H16N2O2S. The maximum Gasteiger partial charge on any atom is 0.335 e. The van der Waals surface area contributed by atoms with Crippen molar-refractivity contribution in [1.82, 2.24) is 9.38 Å². The van der Waals surface area contributed by atoms with Gasteiger partial charge in [-0.2, -0.15) is 11.8 Å². The van der Waals surface area contributed by atoms with Crippen molar-refractivity contribution in [3.05, 3.63) is 35.8 Å². The maximum absolute atomic E-state index is 10.9. The van der Waals surface area contributed by atoms with Crippen molar-refractivity contribution < 1.29 is 9.90 Å². The Labute approximate surface area is 115 Å². The Balaban J connectivity index is 1.82. The van der Waals surface area contributed by atoms with Gasteiger partial charge >= 0.3 is 5.97 Å². The quantitative estimate of drug-likeness (QED) is 0.936. The summed E-state index contributed by atoms with van der Waals surface area (Å²) in [6.07, 6.45) is 8.66. The molecule has 1 N–H and O–H groups in total. The lowest BCUT2D eigenvalue weighted by Crippen LogP contribution is -2.12. The minimum atomic E-state index is -0.908. The van der Waals surface area contributed by atoms with E-state index in [-0.39, 0.29) is 5.56 Å². The maximum atomic E-state index is 10.9. The van der Waals surface area contributed by atoms with Gasteiger partial charge in [0.2, 0.25) is 0 Å². The molecule has 1 saturated heterocycles. The molecule has 0 radical (unpaired) electrons. The van der Waals surface area contributed by atoms with Crippen LogP contribution in [0, 0.1) is 0 Å². The molecule has 5 heteroatoms. The third-order valence-electron chi connectivity index (χ3n) is 3.47. The molecule has 1 unspecified atom stereocenters. The van der Waals surface area contributed by atoms with Crippen molar-refractivity contribution >= 4 is 23.4 Å². The molecule has 0 aromatic carbocycles. The van der Waals surface area contributed by atoms with Crippen molar-refractivity contribution in [1.29, 1.82) is 0 Å². The van der Waals surface area contributed by atoms with Crippen LogP contribution in [0.5, 0.6) is 0 Å². The molecule has 2 aromatic rings. The Kier molecular flexibility index (Phi) is 3.46. The first-order valence-electron chi connectivity index (χ1n) is 6.55. The van der Waals surface area contributed by atoms with E-state index in [4.69, 9.17) is 5.11 Å². The van der Waals surface area contributed by atoms with E-state index < -0.39 is 5.97 Å². The van der Waals surface area contributed by atoms with Crippen LogP contribution in [0.15, 0.2) is 24.5 Å². The molecule has 100 valence electrons. The number of aromatic nitrogens is 2. The number of aromatic carboxylic acids is 1. The Bertz CT molecular complexity index is 603. The van der Waals surface area contributed by atoms with Gasteiger partial charge in [-0.3, -0.25) is 0 Å². The zero-order valence-electron chi connectivity index (χ0n) is 10.6. The van der Waals surface area contributed by atoms with Gasteiger partial charge in [0.1, 0.15) is 5.65 Å². The van der Waals surface area contributed by atoms with E-state index in [1.807, 2.05) is 22.4 Å². The van der Waals surface area contributed by atoms with Crippen molar-refractivity contribution in [3.8, 4) is 0 Å². The molecular weight excluding hydrogens is 260 g/mol. The number of rotatable bonds is 3. The fourth-order valence-electron chi connectivity index (χ4n) is 2.47. The number of imidazole rings is 1. The van der Waals surface area contributed by atoms with E-state index in [9.17, 15) is 4.79 Å². The van der Waals surface area contributed by atoms with Gasteiger partial charge in [-0.1, -0.05) is 6.42 Å². The minimum Gasteiger partial charge on any atom is -0.478 e. The number of carboxylic acids is 1. The zero-order chi connectivity index (χ0) is 13.2. The van der Waals surface area contributed by atoms with Crippen LogP contribution in [0.25, 0.3) is 5.65 Å². The second-order valence-electron chi connectivity index (χ2n) is 4.91. The summed E-state index contributed by atoms with van der Waals surface area (Å²) in [5, 5.41) is 9.64. The second-order valence-corrected chi connectivity index (χ2v) is 6.32. The monoisotopic (exact) mass is 276 g/mol. The minimum absolute atomic E-state index is 0.289. The summed E-state index contributed by atoms with van der Waals surface area (Å²) in [5.74, 6) is 0.344. The average Bonchev–Trinajstić information content (AvgIpc) is 2.80. The number of hydrogen-bond donors (Lipinski definition) is 1. The number of carboxylic acid groups (broad SMARTS) is 1. The first-order valence-corrected chi connectivity index (χ1v) is 7.60. The number of thioether (sulfide) groups is 1. The Morgan fingerprint density at radius 3 is 3.16 bits per heavy atom.